The fourth-order valence-corrected chi connectivity index (χ4v) is 4.23. The molecule has 33 heavy (non-hydrogen) atoms. The molecular weight excluding hydrogens is 424 g/mol. The predicted molar refractivity (Wildman–Crippen MR) is 122 cm³/mol. The van der Waals surface area contributed by atoms with Crippen LogP contribution in [-0.4, -0.2) is 54.4 Å². The molecule has 2 aromatic carbocycles. The molecule has 0 spiro atoms. The highest BCUT2D eigenvalue weighted by atomic mass is 16.5. The summed E-state index contributed by atoms with van der Waals surface area (Å²) in [4.78, 5) is 52.6. The minimum atomic E-state index is -1.18. The summed E-state index contributed by atoms with van der Waals surface area (Å²) in [5.41, 5.74) is 0.880. The van der Waals surface area contributed by atoms with Crippen LogP contribution in [0.4, 0.5) is 16.2 Å². The summed E-state index contributed by atoms with van der Waals surface area (Å²) in [6.45, 7) is 1.92. The Hall–Kier alpha value is -3.88. The minimum Gasteiger partial charge on any atom is -0.496 e. The van der Waals surface area contributed by atoms with E-state index in [9.17, 15) is 19.2 Å². The number of rotatable bonds is 7. The van der Waals surface area contributed by atoms with Crippen molar-refractivity contribution in [2.75, 3.05) is 30.4 Å². The largest absolute Gasteiger partial charge is 0.496 e. The summed E-state index contributed by atoms with van der Waals surface area (Å²) in [5.74, 6) is -0.265. The molecule has 2 heterocycles. The van der Waals surface area contributed by atoms with Crippen molar-refractivity contribution in [1.82, 2.24) is 10.2 Å². The molecule has 2 aliphatic heterocycles. The molecule has 9 heteroatoms. The van der Waals surface area contributed by atoms with Crippen LogP contribution in [-0.2, 0) is 20.8 Å². The highest BCUT2D eigenvalue weighted by Gasteiger charge is 2.48. The van der Waals surface area contributed by atoms with Gasteiger partial charge in [-0.15, -0.1) is 0 Å². The van der Waals surface area contributed by atoms with E-state index < -0.39 is 29.9 Å². The first kappa shape index (κ1) is 22.3. The summed E-state index contributed by atoms with van der Waals surface area (Å²) in [7, 11) is 1.54. The Morgan fingerprint density at radius 1 is 1.12 bits per heavy atom. The molecule has 1 atom stereocenters. The number of hydrogen-bond donors (Lipinski definition) is 2. The van der Waals surface area contributed by atoms with E-state index in [4.69, 9.17) is 4.74 Å². The predicted octanol–water partition coefficient (Wildman–Crippen LogP) is 2.31. The first-order valence-corrected chi connectivity index (χ1v) is 10.8. The molecule has 2 fully saturated rings. The molecule has 2 saturated heterocycles. The maximum Gasteiger partial charge on any atom is 0.325 e. The van der Waals surface area contributed by atoms with Crippen LogP contribution in [0.5, 0.6) is 5.75 Å². The quantitative estimate of drug-likeness (QED) is 0.630. The van der Waals surface area contributed by atoms with Crippen molar-refractivity contribution < 1.29 is 23.9 Å². The highest BCUT2D eigenvalue weighted by Crippen LogP contribution is 2.27. The molecule has 0 radical (unpaired) electrons. The van der Waals surface area contributed by atoms with E-state index in [1.54, 1.807) is 49.3 Å². The number of urea groups is 1. The van der Waals surface area contributed by atoms with Gasteiger partial charge in [0.05, 0.1) is 7.11 Å². The Kier molecular flexibility index (Phi) is 6.04. The fraction of sp³-hybridized carbons (Fsp3) is 0.333. The highest BCUT2D eigenvalue weighted by molar-refractivity contribution is 6.10. The summed E-state index contributed by atoms with van der Waals surface area (Å²) >= 11 is 0. The van der Waals surface area contributed by atoms with Gasteiger partial charge in [0, 0.05) is 30.8 Å². The smallest absolute Gasteiger partial charge is 0.325 e. The van der Waals surface area contributed by atoms with E-state index >= 15 is 0 Å². The third-order valence-corrected chi connectivity index (χ3v) is 5.92. The maximum absolute atomic E-state index is 13.0. The Bertz CT molecular complexity index is 1100. The first-order valence-electron chi connectivity index (χ1n) is 10.8. The molecule has 2 N–H and O–H groups in total. The molecule has 0 saturated carbocycles. The number of anilines is 2. The SMILES string of the molecule is COc1ccccc1C[C@]1(C)NC(=O)N(CC(=O)Nc2ccc(N3CCCC3=O)cc2)C1=O. The molecular formula is C24H26N4O5. The van der Waals surface area contributed by atoms with Gasteiger partial charge in [0.2, 0.25) is 11.8 Å². The van der Waals surface area contributed by atoms with Crippen LogP contribution < -0.4 is 20.3 Å². The van der Waals surface area contributed by atoms with Gasteiger partial charge in [-0.05, 0) is 49.2 Å². The van der Waals surface area contributed by atoms with Crippen LogP contribution in [0.15, 0.2) is 48.5 Å². The normalized spacial score (nSPS) is 20.2. The van der Waals surface area contributed by atoms with Crippen molar-refractivity contribution in [3.8, 4) is 5.75 Å². The number of ether oxygens (including phenoxy) is 1. The number of hydrogen-bond acceptors (Lipinski definition) is 5. The van der Waals surface area contributed by atoms with Gasteiger partial charge in [-0.3, -0.25) is 19.3 Å². The third kappa shape index (κ3) is 4.52. The van der Waals surface area contributed by atoms with Crippen LogP contribution in [0.25, 0.3) is 0 Å². The fourth-order valence-electron chi connectivity index (χ4n) is 4.23. The van der Waals surface area contributed by atoms with E-state index in [-0.39, 0.29) is 12.3 Å². The Balaban J connectivity index is 1.39. The number of benzene rings is 2. The number of nitrogens with zero attached hydrogens (tertiary/aromatic N) is 2. The van der Waals surface area contributed by atoms with Gasteiger partial charge in [-0.25, -0.2) is 4.79 Å². The van der Waals surface area contributed by atoms with Gasteiger partial charge in [-0.1, -0.05) is 18.2 Å². The van der Waals surface area contributed by atoms with Crippen molar-refractivity contribution in [1.29, 1.82) is 0 Å². The average Bonchev–Trinajstić information content (AvgIpc) is 3.31. The van der Waals surface area contributed by atoms with Crippen molar-refractivity contribution >= 4 is 35.1 Å². The number of amides is 5. The summed E-state index contributed by atoms with van der Waals surface area (Å²) in [5, 5.41) is 5.40. The second-order valence-corrected chi connectivity index (χ2v) is 8.39. The van der Waals surface area contributed by atoms with E-state index in [0.717, 1.165) is 22.6 Å². The van der Waals surface area contributed by atoms with Crippen molar-refractivity contribution in [2.24, 2.45) is 0 Å². The summed E-state index contributed by atoms with van der Waals surface area (Å²) in [6.07, 6.45) is 1.61. The molecule has 0 unspecified atom stereocenters. The third-order valence-electron chi connectivity index (χ3n) is 5.92. The average molecular weight is 450 g/mol. The lowest BCUT2D eigenvalue weighted by Gasteiger charge is -2.22. The second-order valence-electron chi connectivity index (χ2n) is 8.39. The van der Waals surface area contributed by atoms with Crippen molar-refractivity contribution in [3.63, 3.8) is 0 Å². The first-order chi connectivity index (χ1) is 15.8. The lowest BCUT2D eigenvalue weighted by molar-refractivity contribution is -0.133. The van der Waals surface area contributed by atoms with Crippen LogP contribution in [0, 0.1) is 0 Å². The van der Waals surface area contributed by atoms with E-state index in [1.807, 2.05) is 18.2 Å². The zero-order valence-electron chi connectivity index (χ0n) is 18.6. The van der Waals surface area contributed by atoms with Crippen molar-refractivity contribution in [2.45, 2.75) is 31.7 Å². The number of methoxy groups -OCH3 is 1. The van der Waals surface area contributed by atoms with Gasteiger partial charge < -0.3 is 20.3 Å². The maximum atomic E-state index is 13.0. The molecule has 172 valence electrons. The molecule has 4 rings (SSSR count). The van der Waals surface area contributed by atoms with Gasteiger partial charge in [-0.2, -0.15) is 0 Å². The monoisotopic (exact) mass is 450 g/mol. The van der Waals surface area contributed by atoms with Gasteiger partial charge in [0.25, 0.3) is 5.91 Å². The Morgan fingerprint density at radius 2 is 1.85 bits per heavy atom. The Labute approximate surface area is 191 Å². The second kappa shape index (κ2) is 8.93. The van der Waals surface area contributed by atoms with Gasteiger partial charge in [0.1, 0.15) is 17.8 Å². The van der Waals surface area contributed by atoms with Gasteiger partial charge in [0.15, 0.2) is 0 Å². The zero-order valence-corrected chi connectivity index (χ0v) is 18.6. The van der Waals surface area contributed by atoms with E-state index in [2.05, 4.69) is 10.6 Å². The Morgan fingerprint density at radius 3 is 2.52 bits per heavy atom. The zero-order chi connectivity index (χ0) is 23.6. The number of nitrogens with one attached hydrogen (secondary N) is 2. The van der Waals surface area contributed by atoms with Crippen LogP contribution in [0.2, 0.25) is 0 Å². The van der Waals surface area contributed by atoms with Crippen LogP contribution >= 0.6 is 0 Å². The molecule has 0 aromatic heterocycles. The molecule has 0 aliphatic carbocycles. The van der Waals surface area contributed by atoms with Crippen LogP contribution in [0.3, 0.4) is 0 Å². The van der Waals surface area contributed by atoms with E-state index in [1.165, 1.54) is 0 Å². The number of imide groups is 1. The molecule has 2 aliphatic rings. The molecule has 2 aromatic rings. The summed E-state index contributed by atoms with van der Waals surface area (Å²) < 4.78 is 5.34. The lowest BCUT2D eigenvalue weighted by atomic mass is 9.92. The summed E-state index contributed by atoms with van der Waals surface area (Å²) in [6, 6.07) is 13.6. The molecule has 0 bridgehead atoms. The minimum absolute atomic E-state index is 0.0847. The van der Waals surface area contributed by atoms with E-state index in [0.29, 0.717) is 24.4 Å². The standard InChI is InChI=1S/C24H26N4O5/c1-24(14-16-6-3-4-7-19(16)33-2)22(31)28(23(32)26-24)15-20(29)25-17-9-11-18(12-10-17)27-13-5-8-21(27)30/h3-4,6-7,9-12H,5,8,13-15H2,1-2H3,(H,25,29)(H,26,32)/t24-/m0/s1. The molecule has 5 amide bonds. The molecule has 9 nitrogen and oxygen atoms in total. The number of carbonyl (C=O) groups is 4. The van der Waals surface area contributed by atoms with Crippen LogP contribution in [0.1, 0.15) is 25.3 Å². The van der Waals surface area contributed by atoms with Gasteiger partial charge >= 0.3 is 6.03 Å². The van der Waals surface area contributed by atoms with Crippen molar-refractivity contribution in [3.05, 3.63) is 54.1 Å². The topological polar surface area (TPSA) is 108 Å². The lowest BCUT2D eigenvalue weighted by Crippen LogP contribution is -2.46. The number of para-hydroxylation sites is 1. The number of carbonyl (C=O) groups excluding carboxylic acids is 4.